The molecule has 1 aromatic carbocycles. The van der Waals surface area contributed by atoms with E-state index >= 15 is 0 Å². The summed E-state index contributed by atoms with van der Waals surface area (Å²) in [6, 6.07) is 7.99. The second-order valence-corrected chi connectivity index (χ2v) is 4.67. The third kappa shape index (κ3) is 2.85. The average molecular weight is 362 g/mol. The van der Waals surface area contributed by atoms with Crippen LogP contribution in [0.25, 0.3) is 0 Å². The summed E-state index contributed by atoms with van der Waals surface area (Å²) in [7, 11) is 0. The SMILES string of the molecule is NNc1nc(Nc2cccc(I)c2)c(F)cc1F. The van der Waals surface area contributed by atoms with E-state index in [1.54, 1.807) is 12.1 Å². The summed E-state index contributed by atoms with van der Waals surface area (Å²) in [6.45, 7) is 0. The molecule has 4 N–H and O–H groups in total. The van der Waals surface area contributed by atoms with Gasteiger partial charge in [0.15, 0.2) is 23.3 Å². The minimum absolute atomic E-state index is 0.0913. The number of hydrogen-bond acceptors (Lipinski definition) is 4. The molecule has 2 aromatic rings. The number of nitrogens with zero attached hydrogens (tertiary/aromatic N) is 1. The van der Waals surface area contributed by atoms with Crippen molar-refractivity contribution < 1.29 is 8.78 Å². The fourth-order valence-electron chi connectivity index (χ4n) is 1.36. The topological polar surface area (TPSA) is 63.0 Å². The van der Waals surface area contributed by atoms with Crippen molar-refractivity contribution in [1.82, 2.24) is 4.98 Å². The molecule has 0 amide bonds. The number of pyridine rings is 1. The maximum atomic E-state index is 13.5. The van der Waals surface area contributed by atoms with Crippen LogP contribution in [0.1, 0.15) is 0 Å². The Morgan fingerprint density at radius 1 is 1.11 bits per heavy atom. The van der Waals surface area contributed by atoms with Crippen molar-refractivity contribution in [3.63, 3.8) is 0 Å². The van der Waals surface area contributed by atoms with Gasteiger partial charge in [-0.2, -0.15) is 0 Å². The summed E-state index contributed by atoms with van der Waals surface area (Å²) in [4.78, 5) is 3.72. The predicted octanol–water partition coefficient (Wildman–Crippen LogP) is 2.99. The molecule has 0 radical (unpaired) electrons. The van der Waals surface area contributed by atoms with Gasteiger partial charge in [0.25, 0.3) is 0 Å². The highest BCUT2D eigenvalue weighted by Gasteiger charge is 2.11. The van der Waals surface area contributed by atoms with Crippen molar-refractivity contribution in [3.8, 4) is 0 Å². The molecule has 0 aliphatic carbocycles. The van der Waals surface area contributed by atoms with Gasteiger partial charge >= 0.3 is 0 Å². The summed E-state index contributed by atoms with van der Waals surface area (Å²) >= 11 is 2.13. The first-order chi connectivity index (χ1) is 8.60. The van der Waals surface area contributed by atoms with Gasteiger partial charge in [-0.15, -0.1) is 0 Å². The number of rotatable bonds is 3. The van der Waals surface area contributed by atoms with E-state index in [1.165, 1.54) is 0 Å². The lowest BCUT2D eigenvalue weighted by Crippen LogP contribution is -2.12. The standard InChI is InChI=1S/C11H9F2IN4/c12-8-5-9(13)11(18-15)17-10(8)16-7-3-1-2-6(14)4-7/h1-5H,15H2,(H2,16,17,18). The lowest BCUT2D eigenvalue weighted by atomic mass is 10.3. The molecular formula is C11H9F2IN4. The zero-order chi connectivity index (χ0) is 13.1. The molecule has 0 unspecified atom stereocenters. The molecule has 4 nitrogen and oxygen atoms in total. The van der Waals surface area contributed by atoms with Crippen LogP contribution in [0.3, 0.4) is 0 Å². The molecule has 1 aromatic heterocycles. The van der Waals surface area contributed by atoms with Gasteiger partial charge in [0, 0.05) is 15.3 Å². The van der Waals surface area contributed by atoms with Gasteiger partial charge in [-0.3, -0.25) is 0 Å². The number of nitrogens with two attached hydrogens (primary N) is 1. The van der Waals surface area contributed by atoms with Crippen LogP contribution >= 0.6 is 22.6 Å². The Hall–Kier alpha value is -1.48. The van der Waals surface area contributed by atoms with Crippen molar-refractivity contribution in [1.29, 1.82) is 0 Å². The summed E-state index contributed by atoms with van der Waals surface area (Å²) in [5, 5.41) is 2.76. The van der Waals surface area contributed by atoms with Crippen LogP contribution in [0, 0.1) is 15.2 Å². The molecule has 7 heteroatoms. The molecular weight excluding hydrogens is 353 g/mol. The molecule has 18 heavy (non-hydrogen) atoms. The van der Waals surface area contributed by atoms with Crippen molar-refractivity contribution in [2.24, 2.45) is 5.84 Å². The maximum Gasteiger partial charge on any atom is 0.178 e. The number of halogens is 3. The number of benzene rings is 1. The van der Waals surface area contributed by atoms with E-state index in [0.29, 0.717) is 5.69 Å². The molecule has 0 spiro atoms. The fourth-order valence-corrected chi connectivity index (χ4v) is 1.90. The Morgan fingerprint density at radius 3 is 2.50 bits per heavy atom. The molecule has 0 aliphatic rings. The van der Waals surface area contributed by atoms with Gasteiger partial charge < -0.3 is 10.7 Å². The van der Waals surface area contributed by atoms with E-state index in [9.17, 15) is 8.78 Å². The average Bonchev–Trinajstić information content (AvgIpc) is 2.33. The van der Waals surface area contributed by atoms with Crippen molar-refractivity contribution in [2.75, 3.05) is 10.7 Å². The minimum atomic E-state index is -0.844. The summed E-state index contributed by atoms with van der Waals surface area (Å²) in [6.07, 6.45) is 0. The third-order valence-electron chi connectivity index (χ3n) is 2.15. The molecule has 1 heterocycles. The Balaban J connectivity index is 2.34. The largest absolute Gasteiger partial charge is 0.338 e. The maximum absolute atomic E-state index is 13.5. The molecule has 0 fully saturated rings. The second kappa shape index (κ2) is 5.44. The monoisotopic (exact) mass is 362 g/mol. The van der Waals surface area contributed by atoms with Crippen LogP contribution in [0.5, 0.6) is 0 Å². The van der Waals surface area contributed by atoms with Gasteiger partial charge in [-0.05, 0) is 40.8 Å². The zero-order valence-corrected chi connectivity index (χ0v) is 11.2. The first kappa shape index (κ1) is 13.0. The third-order valence-corrected chi connectivity index (χ3v) is 2.82. The number of hydrazine groups is 1. The number of hydrogen-bond donors (Lipinski definition) is 3. The number of anilines is 3. The Bertz CT molecular complexity index is 577. The first-order valence-electron chi connectivity index (χ1n) is 4.95. The molecule has 0 atom stereocenters. The van der Waals surface area contributed by atoms with Crippen molar-refractivity contribution in [2.45, 2.75) is 0 Å². The fraction of sp³-hybridized carbons (Fsp3) is 0. The van der Waals surface area contributed by atoms with Crippen LogP contribution in [0.2, 0.25) is 0 Å². The van der Waals surface area contributed by atoms with Gasteiger partial charge in [-0.1, -0.05) is 6.07 Å². The second-order valence-electron chi connectivity index (χ2n) is 3.43. The van der Waals surface area contributed by atoms with Gasteiger partial charge in [0.2, 0.25) is 0 Å². The quantitative estimate of drug-likeness (QED) is 0.446. The van der Waals surface area contributed by atoms with Crippen LogP contribution < -0.4 is 16.6 Å². The molecule has 0 saturated heterocycles. The molecule has 0 aliphatic heterocycles. The lowest BCUT2D eigenvalue weighted by molar-refractivity contribution is 0.579. The zero-order valence-electron chi connectivity index (χ0n) is 9.05. The van der Waals surface area contributed by atoms with E-state index in [2.05, 4.69) is 38.3 Å². The highest BCUT2D eigenvalue weighted by Crippen LogP contribution is 2.22. The smallest absolute Gasteiger partial charge is 0.178 e. The summed E-state index contributed by atoms with van der Waals surface area (Å²) in [5.74, 6) is 3.14. The van der Waals surface area contributed by atoms with Crippen molar-refractivity contribution >= 4 is 39.9 Å². The molecule has 94 valence electrons. The van der Waals surface area contributed by atoms with Crippen LogP contribution in [0.4, 0.5) is 26.1 Å². The van der Waals surface area contributed by atoms with E-state index < -0.39 is 11.6 Å². The molecule has 2 rings (SSSR count). The number of nitrogen functional groups attached to an aromatic ring is 1. The van der Waals surface area contributed by atoms with Gasteiger partial charge in [0.05, 0.1) is 0 Å². The van der Waals surface area contributed by atoms with Gasteiger partial charge in [0.1, 0.15) is 0 Å². The lowest BCUT2D eigenvalue weighted by Gasteiger charge is -2.09. The first-order valence-corrected chi connectivity index (χ1v) is 6.03. The van der Waals surface area contributed by atoms with Crippen LogP contribution in [-0.4, -0.2) is 4.98 Å². The Kier molecular flexibility index (Phi) is 3.92. The Morgan fingerprint density at radius 2 is 1.83 bits per heavy atom. The van der Waals surface area contributed by atoms with Crippen LogP contribution in [0.15, 0.2) is 30.3 Å². The number of nitrogens with one attached hydrogen (secondary N) is 2. The van der Waals surface area contributed by atoms with Crippen LogP contribution in [-0.2, 0) is 0 Å². The minimum Gasteiger partial charge on any atom is -0.338 e. The van der Waals surface area contributed by atoms with Crippen molar-refractivity contribution in [3.05, 3.63) is 45.5 Å². The normalized spacial score (nSPS) is 10.2. The number of aromatic nitrogens is 1. The summed E-state index contributed by atoms with van der Waals surface area (Å²) < 4.78 is 27.7. The Labute approximate surface area is 116 Å². The van der Waals surface area contributed by atoms with E-state index in [-0.39, 0.29) is 11.6 Å². The van der Waals surface area contributed by atoms with E-state index in [0.717, 1.165) is 9.64 Å². The molecule has 0 saturated carbocycles. The highest BCUT2D eigenvalue weighted by molar-refractivity contribution is 14.1. The summed E-state index contributed by atoms with van der Waals surface area (Å²) in [5.41, 5.74) is 2.72. The van der Waals surface area contributed by atoms with Gasteiger partial charge in [-0.25, -0.2) is 19.6 Å². The van der Waals surface area contributed by atoms with E-state index in [1.807, 2.05) is 12.1 Å². The predicted molar refractivity (Wildman–Crippen MR) is 74.4 cm³/mol. The highest BCUT2D eigenvalue weighted by atomic mass is 127. The molecule has 0 bridgehead atoms. The van der Waals surface area contributed by atoms with E-state index in [4.69, 9.17) is 5.84 Å².